The maximum Gasteiger partial charge on any atom is 0.283 e. The van der Waals surface area contributed by atoms with Crippen molar-refractivity contribution < 1.29 is 4.79 Å². The molecule has 0 saturated carbocycles. The van der Waals surface area contributed by atoms with Gasteiger partial charge in [0.25, 0.3) is 5.91 Å². The maximum atomic E-state index is 13.4. The van der Waals surface area contributed by atoms with E-state index in [1.54, 1.807) is 11.0 Å². The fourth-order valence-electron chi connectivity index (χ4n) is 3.55. The van der Waals surface area contributed by atoms with Crippen molar-refractivity contribution in [1.29, 1.82) is 5.26 Å². The number of carbonyl (C=O) groups excluding carboxylic acids is 1. The molecular formula is C28H25N3OS. The zero-order valence-electron chi connectivity index (χ0n) is 18.9. The number of aryl methyl sites for hydroxylation is 1. The van der Waals surface area contributed by atoms with E-state index in [0.717, 1.165) is 22.4 Å². The number of nitriles is 1. The quantitative estimate of drug-likeness (QED) is 0.407. The van der Waals surface area contributed by atoms with Gasteiger partial charge in [0.2, 0.25) is 0 Å². The highest BCUT2D eigenvalue weighted by atomic mass is 32.2. The van der Waals surface area contributed by atoms with Gasteiger partial charge in [0.1, 0.15) is 5.70 Å². The van der Waals surface area contributed by atoms with Crippen LogP contribution in [0.2, 0.25) is 0 Å². The Morgan fingerprint density at radius 1 is 1.03 bits per heavy atom. The molecule has 0 atom stereocenters. The van der Waals surface area contributed by atoms with Crippen molar-refractivity contribution in [3.63, 3.8) is 0 Å². The van der Waals surface area contributed by atoms with Crippen LogP contribution in [0.15, 0.2) is 83.5 Å². The standard InChI is InChI=1S/C28H25N3OS/c1-19(2)22-12-10-21(11-13-22)16-26-27(32)31(25-14-8-20(3)9-15-25)28(30-26)33-18-24-7-5-4-6-23(24)17-29/h4-16,19H,18H2,1-3H3. The summed E-state index contributed by atoms with van der Waals surface area (Å²) < 4.78 is 0. The number of nitrogens with zero attached hydrogens (tertiary/aromatic N) is 3. The predicted molar refractivity (Wildman–Crippen MR) is 137 cm³/mol. The van der Waals surface area contributed by atoms with E-state index in [9.17, 15) is 10.1 Å². The first-order valence-electron chi connectivity index (χ1n) is 10.9. The molecule has 33 heavy (non-hydrogen) atoms. The second kappa shape index (κ2) is 9.89. The Balaban J connectivity index is 1.66. The lowest BCUT2D eigenvalue weighted by Gasteiger charge is -2.18. The number of amidine groups is 1. The van der Waals surface area contributed by atoms with Crippen molar-refractivity contribution in [3.05, 3.63) is 106 Å². The van der Waals surface area contributed by atoms with Crippen molar-refractivity contribution in [2.75, 3.05) is 4.90 Å². The molecule has 3 aromatic carbocycles. The van der Waals surface area contributed by atoms with Crippen LogP contribution < -0.4 is 4.90 Å². The Morgan fingerprint density at radius 2 is 1.73 bits per heavy atom. The first-order chi connectivity index (χ1) is 16.0. The molecule has 5 heteroatoms. The zero-order chi connectivity index (χ0) is 23.4. The number of hydrogen-bond donors (Lipinski definition) is 0. The molecule has 0 aromatic heterocycles. The second-order valence-corrected chi connectivity index (χ2v) is 9.22. The van der Waals surface area contributed by atoms with Crippen LogP contribution in [0, 0.1) is 18.3 Å². The summed E-state index contributed by atoms with van der Waals surface area (Å²) in [6, 6.07) is 25.8. The Hall–Kier alpha value is -3.62. The smallest absolute Gasteiger partial charge is 0.266 e. The van der Waals surface area contributed by atoms with E-state index < -0.39 is 0 Å². The molecular weight excluding hydrogens is 426 g/mol. The largest absolute Gasteiger partial charge is 0.283 e. The van der Waals surface area contributed by atoms with Crippen LogP contribution in [-0.4, -0.2) is 11.1 Å². The molecule has 4 rings (SSSR count). The van der Waals surface area contributed by atoms with Gasteiger partial charge in [-0.2, -0.15) is 5.26 Å². The van der Waals surface area contributed by atoms with Crippen molar-refractivity contribution in [3.8, 4) is 6.07 Å². The lowest BCUT2D eigenvalue weighted by atomic mass is 10.0. The molecule has 1 aliphatic rings. The average Bonchev–Trinajstić information content (AvgIpc) is 3.13. The topological polar surface area (TPSA) is 56.5 Å². The summed E-state index contributed by atoms with van der Waals surface area (Å²) >= 11 is 1.46. The lowest BCUT2D eigenvalue weighted by molar-refractivity contribution is -0.113. The SMILES string of the molecule is Cc1ccc(N2C(=O)C(=Cc3ccc(C(C)C)cc3)N=C2SCc2ccccc2C#N)cc1. The van der Waals surface area contributed by atoms with Gasteiger partial charge in [-0.25, -0.2) is 4.99 Å². The summed E-state index contributed by atoms with van der Waals surface area (Å²) in [7, 11) is 0. The molecule has 0 bridgehead atoms. The van der Waals surface area contributed by atoms with Crippen LogP contribution >= 0.6 is 11.8 Å². The third kappa shape index (κ3) is 5.08. The monoisotopic (exact) mass is 451 g/mol. The van der Waals surface area contributed by atoms with E-state index in [4.69, 9.17) is 4.99 Å². The average molecular weight is 452 g/mol. The van der Waals surface area contributed by atoms with Crippen LogP contribution in [0.4, 0.5) is 5.69 Å². The molecule has 0 radical (unpaired) electrons. The first kappa shape index (κ1) is 22.6. The van der Waals surface area contributed by atoms with Crippen LogP contribution in [0.5, 0.6) is 0 Å². The minimum Gasteiger partial charge on any atom is -0.266 e. The first-order valence-corrected chi connectivity index (χ1v) is 11.9. The van der Waals surface area contributed by atoms with Gasteiger partial charge in [-0.05, 0) is 53.8 Å². The number of carbonyl (C=O) groups is 1. The third-order valence-electron chi connectivity index (χ3n) is 5.52. The fourth-order valence-corrected chi connectivity index (χ4v) is 4.56. The maximum absolute atomic E-state index is 13.4. The number of amides is 1. The summed E-state index contributed by atoms with van der Waals surface area (Å²) in [6.07, 6.45) is 1.84. The number of benzene rings is 3. The molecule has 0 fully saturated rings. The number of anilines is 1. The van der Waals surface area contributed by atoms with E-state index in [-0.39, 0.29) is 5.91 Å². The Labute approximate surface area is 199 Å². The summed E-state index contributed by atoms with van der Waals surface area (Å²) in [5.41, 5.74) is 6.07. The molecule has 0 unspecified atom stereocenters. The molecule has 164 valence electrons. The molecule has 1 amide bonds. The lowest BCUT2D eigenvalue weighted by Crippen LogP contribution is -2.30. The van der Waals surface area contributed by atoms with Gasteiger partial charge in [0.05, 0.1) is 17.3 Å². The van der Waals surface area contributed by atoms with Gasteiger partial charge in [0, 0.05) is 5.75 Å². The summed E-state index contributed by atoms with van der Waals surface area (Å²) in [6.45, 7) is 6.33. The Morgan fingerprint density at radius 3 is 2.39 bits per heavy atom. The summed E-state index contributed by atoms with van der Waals surface area (Å²) in [5, 5.41) is 10.0. The van der Waals surface area contributed by atoms with Crippen LogP contribution in [-0.2, 0) is 10.5 Å². The normalized spacial score (nSPS) is 14.6. The highest BCUT2D eigenvalue weighted by Crippen LogP contribution is 2.31. The van der Waals surface area contributed by atoms with Crippen LogP contribution in [0.25, 0.3) is 6.08 Å². The van der Waals surface area contributed by atoms with Crippen molar-refractivity contribution >= 4 is 34.6 Å². The molecule has 0 spiro atoms. The van der Waals surface area contributed by atoms with E-state index >= 15 is 0 Å². The van der Waals surface area contributed by atoms with E-state index in [1.165, 1.54) is 17.3 Å². The van der Waals surface area contributed by atoms with Crippen molar-refractivity contribution in [1.82, 2.24) is 0 Å². The van der Waals surface area contributed by atoms with Crippen molar-refractivity contribution in [2.24, 2.45) is 4.99 Å². The fraction of sp³-hybridized carbons (Fsp3) is 0.179. The van der Waals surface area contributed by atoms with Crippen molar-refractivity contribution in [2.45, 2.75) is 32.4 Å². The van der Waals surface area contributed by atoms with E-state index in [2.05, 4.69) is 32.0 Å². The molecule has 0 saturated heterocycles. The minimum atomic E-state index is -0.150. The van der Waals surface area contributed by atoms with Gasteiger partial charge < -0.3 is 0 Å². The van der Waals surface area contributed by atoms with E-state index in [1.807, 2.05) is 67.6 Å². The second-order valence-electron chi connectivity index (χ2n) is 8.28. The molecule has 4 nitrogen and oxygen atoms in total. The highest BCUT2D eigenvalue weighted by Gasteiger charge is 2.32. The predicted octanol–water partition coefficient (Wildman–Crippen LogP) is 6.67. The molecule has 3 aromatic rings. The van der Waals surface area contributed by atoms with Gasteiger partial charge in [-0.15, -0.1) is 0 Å². The highest BCUT2D eigenvalue weighted by molar-refractivity contribution is 8.13. The van der Waals surface area contributed by atoms with Gasteiger partial charge >= 0.3 is 0 Å². The van der Waals surface area contributed by atoms with Gasteiger partial charge in [-0.1, -0.05) is 85.8 Å². The van der Waals surface area contributed by atoms with Gasteiger partial charge in [0.15, 0.2) is 5.17 Å². The Kier molecular flexibility index (Phi) is 6.76. The minimum absolute atomic E-state index is 0.150. The van der Waals surface area contributed by atoms with Crippen LogP contribution in [0.1, 0.15) is 47.6 Å². The third-order valence-corrected chi connectivity index (χ3v) is 6.51. The van der Waals surface area contributed by atoms with Crippen LogP contribution in [0.3, 0.4) is 0 Å². The number of aliphatic imine (C=N–C) groups is 1. The van der Waals surface area contributed by atoms with E-state index in [0.29, 0.717) is 28.1 Å². The number of hydrogen-bond acceptors (Lipinski definition) is 4. The van der Waals surface area contributed by atoms with Gasteiger partial charge in [-0.3, -0.25) is 9.69 Å². The molecule has 1 aliphatic heterocycles. The summed E-state index contributed by atoms with van der Waals surface area (Å²) in [4.78, 5) is 19.8. The summed E-state index contributed by atoms with van der Waals surface area (Å²) in [5.74, 6) is 0.853. The molecule has 0 aliphatic carbocycles. The molecule has 0 N–H and O–H groups in total. The Bertz CT molecular complexity index is 1270. The number of rotatable bonds is 5. The number of thioether (sulfide) groups is 1. The molecule has 1 heterocycles. The zero-order valence-corrected chi connectivity index (χ0v) is 19.8.